The summed E-state index contributed by atoms with van der Waals surface area (Å²) in [6, 6.07) is 1.86. The van der Waals surface area contributed by atoms with Crippen LogP contribution in [0, 0.1) is 5.92 Å². The van der Waals surface area contributed by atoms with E-state index in [1.54, 1.807) is 0 Å². The van der Waals surface area contributed by atoms with Crippen molar-refractivity contribution in [1.29, 1.82) is 0 Å². The second-order valence-corrected chi connectivity index (χ2v) is 5.16. The molecule has 0 unspecified atom stereocenters. The lowest BCUT2D eigenvalue weighted by Crippen LogP contribution is -2.45. The highest BCUT2D eigenvalue weighted by Crippen LogP contribution is 2.32. The minimum absolute atomic E-state index is 0.918. The summed E-state index contributed by atoms with van der Waals surface area (Å²) in [5.74, 6) is 0.992. The second-order valence-electron chi connectivity index (χ2n) is 5.16. The van der Waals surface area contributed by atoms with Gasteiger partial charge in [0, 0.05) is 12.1 Å². The first-order valence-corrected chi connectivity index (χ1v) is 5.99. The molecule has 0 aromatic heterocycles. The first kappa shape index (κ1) is 9.51. The Bertz CT molecular complexity index is 155. The maximum atomic E-state index is 2.68. The van der Waals surface area contributed by atoms with Crippen LogP contribution in [0.3, 0.4) is 0 Å². The summed E-state index contributed by atoms with van der Waals surface area (Å²) in [6.45, 7) is 2.40. The van der Waals surface area contributed by atoms with Gasteiger partial charge in [-0.1, -0.05) is 13.3 Å². The van der Waals surface area contributed by atoms with Crippen LogP contribution < -0.4 is 0 Å². The molecule has 2 aliphatic carbocycles. The Kier molecular flexibility index (Phi) is 2.92. The Labute approximate surface area is 82.5 Å². The van der Waals surface area contributed by atoms with Crippen LogP contribution in [0.4, 0.5) is 0 Å². The molecule has 2 fully saturated rings. The zero-order valence-corrected chi connectivity index (χ0v) is 9.13. The van der Waals surface area contributed by atoms with Gasteiger partial charge in [-0.3, -0.25) is 0 Å². The first-order valence-electron chi connectivity index (χ1n) is 5.99. The molecule has 2 aliphatic rings. The van der Waals surface area contributed by atoms with Crippen LogP contribution in [-0.4, -0.2) is 24.0 Å². The molecular weight excluding hydrogens is 158 g/mol. The molecule has 0 aromatic rings. The Balaban J connectivity index is 1.79. The Morgan fingerprint density at radius 2 is 1.38 bits per heavy atom. The van der Waals surface area contributed by atoms with E-state index in [2.05, 4.69) is 18.9 Å². The van der Waals surface area contributed by atoms with Gasteiger partial charge in [0.2, 0.25) is 0 Å². The van der Waals surface area contributed by atoms with E-state index in [0.29, 0.717) is 0 Å². The molecule has 0 aliphatic heterocycles. The molecule has 13 heavy (non-hydrogen) atoms. The largest absolute Gasteiger partial charge is 0.300 e. The van der Waals surface area contributed by atoms with Crippen molar-refractivity contribution in [2.75, 3.05) is 7.05 Å². The third kappa shape index (κ3) is 2.07. The van der Waals surface area contributed by atoms with E-state index < -0.39 is 0 Å². The molecule has 2 rings (SSSR count). The topological polar surface area (TPSA) is 3.24 Å². The number of hydrogen-bond donors (Lipinski definition) is 0. The van der Waals surface area contributed by atoms with Crippen LogP contribution in [0.1, 0.15) is 51.9 Å². The lowest BCUT2D eigenvalue weighted by Gasteiger charge is -2.42. The molecule has 0 spiro atoms. The lowest BCUT2D eigenvalue weighted by atomic mass is 9.84. The van der Waals surface area contributed by atoms with E-state index in [9.17, 15) is 0 Å². The number of nitrogens with zero attached hydrogens (tertiary/aromatic N) is 1. The molecule has 0 heterocycles. The second kappa shape index (κ2) is 4.00. The molecule has 76 valence electrons. The van der Waals surface area contributed by atoms with Gasteiger partial charge >= 0.3 is 0 Å². The van der Waals surface area contributed by atoms with E-state index in [0.717, 1.165) is 18.0 Å². The molecule has 2 saturated carbocycles. The van der Waals surface area contributed by atoms with E-state index in [-0.39, 0.29) is 0 Å². The average molecular weight is 181 g/mol. The van der Waals surface area contributed by atoms with Crippen molar-refractivity contribution in [1.82, 2.24) is 4.90 Å². The molecule has 0 bridgehead atoms. The molecule has 1 nitrogen and oxygen atoms in total. The predicted octanol–water partition coefficient (Wildman–Crippen LogP) is 3.05. The normalized spacial score (nSPS) is 36.2. The molecule has 1 heteroatoms. The maximum absolute atomic E-state index is 2.68. The van der Waals surface area contributed by atoms with Crippen molar-refractivity contribution in [2.24, 2.45) is 5.92 Å². The van der Waals surface area contributed by atoms with Crippen molar-refractivity contribution in [3.05, 3.63) is 0 Å². The smallest absolute Gasteiger partial charge is 0.00953 e. The first-order chi connectivity index (χ1) is 6.27. The van der Waals surface area contributed by atoms with E-state index in [4.69, 9.17) is 0 Å². The molecule has 0 atom stereocenters. The third-order valence-corrected chi connectivity index (χ3v) is 4.21. The van der Waals surface area contributed by atoms with E-state index in [1.807, 2.05) is 0 Å². The van der Waals surface area contributed by atoms with Crippen LogP contribution in [-0.2, 0) is 0 Å². The van der Waals surface area contributed by atoms with Gasteiger partial charge in [0.15, 0.2) is 0 Å². The molecule has 0 aromatic carbocycles. The van der Waals surface area contributed by atoms with Gasteiger partial charge in [-0.05, 0) is 51.5 Å². The van der Waals surface area contributed by atoms with Gasteiger partial charge in [-0.25, -0.2) is 0 Å². The SMILES string of the molecule is CC1CCC(N(C)C2CCC2)CC1. The monoisotopic (exact) mass is 181 g/mol. The number of hydrogen-bond acceptors (Lipinski definition) is 1. The average Bonchev–Trinajstić information content (AvgIpc) is 2.02. The van der Waals surface area contributed by atoms with Gasteiger partial charge in [0.1, 0.15) is 0 Å². The highest BCUT2D eigenvalue weighted by atomic mass is 15.2. The van der Waals surface area contributed by atoms with Crippen LogP contribution in [0.25, 0.3) is 0 Å². The van der Waals surface area contributed by atoms with Gasteiger partial charge in [0.05, 0.1) is 0 Å². The van der Waals surface area contributed by atoms with Crippen molar-refractivity contribution in [3.63, 3.8) is 0 Å². The van der Waals surface area contributed by atoms with E-state index in [1.165, 1.54) is 44.9 Å². The van der Waals surface area contributed by atoms with Crippen molar-refractivity contribution in [3.8, 4) is 0 Å². The zero-order valence-electron chi connectivity index (χ0n) is 9.13. The molecular formula is C12H23N. The fraction of sp³-hybridized carbons (Fsp3) is 1.00. The standard InChI is InChI=1S/C12H23N/c1-10-6-8-12(9-7-10)13(2)11-4-3-5-11/h10-12H,3-9H2,1-2H3. The van der Waals surface area contributed by atoms with Crippen LogP contribution in [0.5, 0.6) is 0 Å². The maximum Gasteiger partial charge on any atom is 0.00953 e. The van der Waals surface area contributed by atoms with Crippen LogP contribution >= 0.6 is 0 Å². The summed E-state index contributed by atoms with van der Waals surface area (Å²) < 4.78 is 0. The lowest BCUT2D eigenvalue weighted by molar-refractivity contribution is 0.0793. The van der Waals surface area contributed by atoms with Crippen molar-refractivity contribution < 1.29 is 0 Å². The molecule has 0 amide bonds. The van der Waals surface area contributed by atoms with Crippen LogP contribution in [0.2, 0.25) is 0 Å². The highest BCUT2D eigenvalue weighted by molar-refractivity contribution is 4.85. The summed E-state index contributed by atoms with van der Waals surface area (Å²) in [6.07, 6.45) is 10.2. The Morgan fingerprint density at radius 3 is 1.85 bits per heavy atom. The highest BCUT2D eigenvalue weighted by Gasteiger charge is 2.29. The fourth-order valence-electron chi connectivity index (χ4n) is 2.74. The summed E-state index contributed by atoms with van der Waals surface area (Å²) >= 11 is 0. The van der Waals surface area contributed by atoms with Gasteiger partial charge in [-0.15, -0.1) is 0 Å². The minimum atomic E-state index is 0.918. The van der Waals surface area contributed by atoms with Gasteiger partial charge in [0.25, 0.3) is 0 Å². The van der Waals surface area contributed by atoms with Gasteiger partial charge < -0.3 is 4.90 Å². The van der Waals surface area contributed by atoms with Crippen molar-refractivity contribution in [2.45, 2.75) is 64.0 Å². The molecule has 0 radical (unpaired) electrons. The predicted molar refractivity (Wildman–Crippen MR) is 56.8 cm³/mol. The summed E-state index contributed by atoms with van der Waals surface area (Å²) in [4.78, 5) is 2.68. The van der Waals surface area contributed by atoms with Gasteiger partial charge in [-0.2, -0.15) is 0 Å². The Morgan fingerprint density at radius 1 is 0.846 bits per heavy atom. The third-order valence-electron chi connectivity index (χ3n) is 4.21. The van der Waals surface area contributed by atoms with Crippen LogP contribution in [0.15, 0.2) is 0 Å². The van der Waals surface area contributed by atoms with Crippen molar-refractivity contribution >= 4 is 0 Å². The molecule has 0 saturated heterocycles. The summed E-state index contributed by atoms with van der Waals surface area (Å²) in [5.41, 5.74) is 0. The summed E-state index contributed by atoms with van der Waals surface area (Å²) in [5, 5.41) is 0. The van der Waals surface area contributed by atoms with E-state index >= 15 is 0 Å². The molecule has 0 N–H and O–H groups in total. The summed E-state index contributed by atoms with van der Waals surface area (Å²) in [7, 11) is 2.35. The Hall–Kier alpha value is -0.0400. The zero-order chi connectivity index (χ0) is 9.26. The fourth-order valence-corrected chi connectivity index (χ4v) is 2.74. The minimum Gasteiger partial charge on any atom is -0.300 e. The quantitative estimate of drug-likeness (QED) is 0.633. The number of rotatable bonds is 2.